The molecular formula is C8H15N3O. The third-order valence-corrected chi connectivity index (χ3v) is 2.39. The van der Waals surface area contributed by atoms with Gasteiger partial charge >= 0.3 is 0 Å². The predicted molar refractivity (Wildman–Crippen MR) is 47.6 cm³/mol. The lowest BCUT2D eigenvalue weighted by atomic mass is 9.74. The van der Waals surface area contributed by atoms with Crippen LogP contribution in [0.5, 0.6) is 0 Å². The molecule has 0 aliphatic heterocycles. The van der Waals surface area contributed by atoms with E-state index in [1.165, 1.54) is 0 Å². The second-order valence-electron chi connectivity index (χ2n) is 3.37. The number of hydrogen-bond acceptors (Lipinski definition) is 3. The van der Waals surface area contributed by atoms with E-state index >= 15 is 0 Å². The van der Waals surface area contributed by atoms with Crippen molar-refractivity contribution in [3.05, 3.63) is 0 Å². The lowest BCUT2D eigenvalue weighted by Crippen LogP contribution is -2.35. The van der Waals surface area contributed by atoms with Gasteiger partial charge in [-0.15, -0.1) is 0 Å². The first-order chi connectivity index (χ1) is 5.61. The maximum Gasteiger partial charge on any atom is 0.238 e. The Bertz CT molecular complexity index is 212. The standard InChI is InChI=1S/C8H15N3O/c1-5-3-7(6(5)2)11-10-4-8(9)12/h5-6,10H,3-4H2,1-2H3,(H2,9,12)/b11-7+. The van der Waals surface area contributed by atoms with E-state index < -0.39 is 0 Å². The summed E-state index contributed by atoms with van der Waals surface area (Å²) in [7, 11) is 0. The van der Waals surface area contributed by atoms with Crippen LogP contribution in [0.25, 0.3) is 0 Å². The fraction of sp³-hybridized carbons (Fsp3) is 0.750. The number of hydrogen-bond donors (Lipinski definition) is 2. The molecule has 0 aromatic heterocycles. The first-order valence-corrected chi connectivity index (χ1v) is 4.19. The highest BCUT2D eigenvalue weighted by Crippen LogP contribution is 2.30. The molecule has 0 bridgehead atoms. The molecule has 0 saturated heterocycles. The van der Waals surface area contributed by atoms with E-state index in [4.69, 9.17) is 5.73 Å². The van der Waals surface area contributed by atoms with Crippen LogP contribution in [0.2, 0.25) is 0 Å². The van der Waals surface area contributed by atoms with Gasteiger partial charge in [-0.3, -0.25) is 4.79 Å². The molecule has 1 amide bonds. The van der Waals surface area contributed by atoms with Crippen molar-refractivity contribution in [2.45, 2.75) is 20.3 Å². The summed E-state index contributed by atoms with van der Waals surface area (Å²) in [6, 6.07) is 0. The van der Waals surface area contributed by atoms with Crippen LogP contribution in [-0.4, -0.2) is 18.2 Å². The monoisotopic (exact) mass is 169 g/mol. The smallest absolute Gasteiger partial charge is 0.238 e. The minimum atomic E-state index is -0.376. The van der Waals surface area contributed by atoms with Crippen LogP contribution in [0.4, 0.5) is 0 Å². The molecule has 12 heavy (non-hydrogen) atoms. The molecule has 1 saturated carbocycles. The topological polar surface area (TPSA) is 67.5 Å². The number of nitrogens with two attached hydrogens (primary N) is 1. The Balaban J connectivity index is 2.25. The molecule has 1 fully saturated rings. The number of carbonyl (C=O) groups is 1. The summed E-state index contributed by atoms with van der Waals surface area (Å²) in [5.74, 6) is 0.892. The number of amides is 1. The second-order valence-corrected chi connectivity index (χ2v) is 3.37. The fourth-order valence-corrected chi connectivity index (χ4v) is 1.23. The Morgan fingerprint density at radius 1 is 1.75 bits per heavy atom. The van der Waals surface area contributed by atoms with E-state index in [0.717, 1.165) is 18.1 Å². The zero-order chi connectivity index (χ0) is 9.14. The highest BCUT2D eigenvalue weighted by atomic mass is 16.1. The molecule has 1 aliphatic rings. The van der Waals surface area contributed by atoms with Gasteiger partial charge < -0.3 is 11.2 Å². The van der Waals surface area contributed by atoms with Crippen molar-refractivity contribution in [3.63, 3.8) is 0 Å². The van der Waals surface area contributed by atoms with Crippen LogP contribution in [0.3, 0.4) is 0 Å². The number of rotatable bonds is 3. The third kappa shape index (κ3) is 1.96. The summed E-state index contributed by atoms with van der Waals surface area (Å²) >= 11 is 0. The van der Waals surface area contributed by atoms with E-state index in [-0.39, 0.29) is 12.5 Å². The molecule has 4 heteroatoms. The van der Waals surface area contributed by atoms with Crippen molar-refractivity contribution in [3.8, 4) is 0 Å². The molecular weight excluding hydrogens is 154 g/mol. The van der Waals surface area contributed by atoms with Gasteiger partial charge in [0.1, 0.15) is 6.54 Å². The van der Waals surface area contributed by atoms with Crippen molar-refractivity contribution >= 4 is 11.6 Å². The Hall–Kier alpha value is -1.06. The van der Waals surface area contributed by atoms with Crippen molar-refractivity contribution < 1.29 is 4.79 Å². The summed E-state index contributed by atoms with van der Waals surface area (Å²) in [4.78, 5) is 10.3. The van der Waals surface area contributed by atoms with E-state index in [0.29, 0.717) is 5.92 Å². The van der Waals surface area contributed by atoms with Crippen LogP contribution >= 0.6 is 0 Å². The summed E-state index contributed by atoms with van der Waals surface area (Å²) in [6.07, 6.45) is 1.03. The van der Waals surface area contributed by atoms with Gasteiger partial charge in [0, 0.05) is 5.71 Å². The maximum absolute atomic E-state index is 10.3. The molecule has 68 valence electrons. The van der Waals surface area contributed by atoms with Gasteiger partial charge in [0.2, 0.25) is 5.91 Å². The van der Waals surface area contributed by atoms with E-state index in [1.807, 2.05) is 0 Å². The van der Waals surface area contributed by atoms with E-state index in [1.54, 1.807) is 0 Å². The molecule has 0 heterocycles. The lowest BCUT2D eigenvalue weighted by molar-refractivity contribution is -0.117. The summed E-state index contributed by atoms with van der Waals surface area (Å²) in [5.41, 5.74) is 8.72. The highest BCUT2D eigenvalue weighted by molar-refractivity contribution is 5.92. The number of carbonyl (C=O) groups excluding carboxylic acids is 1. The first kappa shape index (κ1) is 9.03. The third-order valence-electron chi connectivity index (χ3n) is 2.39. The molecule has 0 aromatic rings. The quantitative estimate of drug-likeness (QED) is 0.588. The van der Waals surface area contributed by atoms with Crippen LogP contribution < -0.4 is 11.2 Å². The normalized spacial score (nSPS) is 31.3. The van der Waals surface area contributed by atoms with Gasteiger partial charge in [0.05, 0.1) is 0 Å². The summed E-state index contributed by atoms with van der Waals surface area (Å²) in [5, 5.41) is 4.07. The van der Waals surface area contributed by atoms with Gasteiger partial charge in [-0.05, 0) is 18.3 Å². The average molecular weight is 169 g/mol. The molecule has 0 aromatic carbocycles. The zero-order valence-corrected chi connectivity index (χ0v) is 7.50. The Kier molecular flexibility index (Phi) is 2.68. The molecule has 0 radical (unpaired) electrons. The van der Waals surface area contributed by atoms with Crippen LogP contribution in [0.15, 0.2) is 5.10 Å². The van der Waals surface area contributed by atoms with Gasteiger partial charge in [-0.2, -0.15) is 5.10 Å². The largest absolute Gasteiger partial charge is 0.368 e. The highest BCUT2D eigenvalue weighted by Gasteiger charge is 2.29. The average Bonchev–Trinajstić information content (AvgIpc) is 2.02. The zero-order valence-electron chi connectivity index (χ0n) is 7.50. The molecule has 2 atom stereocenters. The molecule has 2 unspecified atom stereocenters. The number of nitrogens with one attached hydrogen (secondary N) is 1. The van der Waals surface area contributed by atoms with E-state index in [2.05, 4.69) is 24.4 Å². The van der Waals surface area contributed by atoms with E-state index in [9.17, 15) is 4.79 Å². The van der Waals surface area contributed by atoms with Crippen molar-refractivity contribution in [1.29, 1.82) is 0 Å². The number of primary amides is 1. The number of nitrogens with zero attached hydrogens (tertiary/aromatic N) is 1. The van der Waals surface area contributed by atoms with Crippen LogP contribution in [0, 0.1) is 11.8 Å². The Morgan fingerprint density at radius 2 is 2.42 bits per heavy atom. The van der Waals surface area contributed by atoms with Gasteiger partial charge in [0.15, 0.2) is 0 Å². The van der Waals surface area contributed by atoms with Crippen molar-refractivity contribution in [2.24, 2.45) is 22.7 Å². The van der Waals surface area contributed by atoms with Gasteiger partial charge in [-0.1, -0.05) is 13.8 Å². The summed E-state index contributed by atoms with van der Waals surface area (Å²) in [6.45, 7) is 4.46. The summed E-state index contributed by atoms with van der Waals surface area (Å²) < 4.78 is 0. The Labute approximate surface area is 72.2 Å². The fourth-order valence-electron chi connectivity index (χ4n) is 1.23. The first-order valence-electron chi connectivity index (χ1n) is 4.19. The molecule has 0 spiro atoms. The van der Waals surface area contributed by atoms with Gasteiger partial charge in [-0.25, -0.2) is 0 Å². The molecule has 4 nitrogen and oxygen atoms in total. The predicted octanol–water partition coefficient (Wildman–Crippen LogP) is 0.0932. The minimum absolute atomic E-state index is 0.130. The van der Waals surface area contributed by atoms with Crippen LogP contribution in [0.1, 0.15) is 20.3 Å². The second kappa shape index (κ2) is 3.56. The van der Waals surface area contributed by atoms with Gasteiger partial charge in [0.25, 0.3) is 0 Å². The lowest BCUT2D eigenvalue weighted by Gasteiger charge is -2.32. The number of hydrazone groups is 1. The van der Waals surface area contributed by atoms with Crippen molar-refractivity contribution in [2.75, 3.05) is 6.54 Å². The maximum atomic E-state index is 10.3. The molecule has 3 N–H and O–H groups in total. The van der Waals surface area contributed by atoms with Crippen molar-refractivity contribution in [1.82, 2.24) is 5.43 Å². The molecule has 1 aliphatic carbocycles. The SMILES string of the molecule is CC1C/C(=N\NCC(N)=O)C1C. The minimum Gasteiger partial charge on any atom is -0.368 e. The Morgan fingerprint density at radius 3 is 2.83 bits per heavy atom. The molecule has 1 rings (SSSR count). The van der Waals surface area contributed by atoms with Crippen LogP contribution in [-0.2, 0) is 4.79 Å².